The second kappa shape index (κ2) is 22.5. The van der Waals surface area contributed by atoms with Gasteiger partial charge in [-0.2, -0.15) is 0 Å². The molecule has 12 heteroatoms. The number of hydrogen-bond acceptors (Lipinski definition) is 8. The van der Waals surface area contributed by atoms with Crippen molar-refractivity contribution in [2.45, 2.75) is 27.7 Å². The van der Waals surface area contributed by atoms with Crippen molar-refractivity contribution in [3.8, 4) is 0 Å². The van der Waals surface area contributed by atoms with Crippen LogP contribution in [0.4, 0.5) is 11.4 Å². The predicted octanol–water partition coefficient (Wildman–Crippen LogP) is 9.09. The summed E-state index contributed by atoms with van der Waals surface area (Å²) in [5.41, 5.74) is 9.47. The largest absolute Gasteiger partial charge is 0.478 e. The lowest BCUT2D eigenvalue weighted by Crippen LogP contribution is -2.15. The molecule has 280 valence electrons. The second-order valence-electron chi connectivity index (χ2n) is 11.4. The van der Waals surface area contributed by atoms with E-state index in [9.17, 15) is 28.8 Å². The zero-order valence-corrected chi connectivity index (χ0v) is 31.7. The number of carboxylic acid groups (broad SMARTS) is 1. The van der Waals surface area contributed by atoms with Gasteiger partial charge in [0.15, 0.2) is 11.6 Å². The van der Waals surface area contributed by atoms with Crippen molar-refractivity contribution < 1.29 is 38.6 Å². The van der Waals surface area contributed by atoms with Crippen molar-refractivity contribution in [1.29, 1.82) is 0 Å². The van der Waals surface area contributed by atoms with Crippen LogP contribution >= 0.6 is 23.2 Å². The Morgan fingerprint density at radius 2 is 0.981 bits per heavy atom. The molecule has 0 saturated heterocycles. The Bertz CT molecular complexity index is 2040. The summed E-state index contributed by atoms with van der Waals surface area (Å²) in [5.74, 6) is -3.00. The first kappa shape index (κ1) is 45.7. The number of esters is 2. The molecule has 0 heterocycles. The van der Waals surface area contributed by atoms with Crippen molar-refractivity contribution in [1.82, 2.24) is 0 Å². The molecule has 1 amide bonds. The molecule has 0 aliphatic heterocycles. The van der Waals surface area contributed by atoms with Crippen LogP contribution in [0.15, 0.2) is 146 Å². The molecule has 0 radical (unpaired) electrons. The number of ketones is 2. The molecule has 0 unspecified atom stereocenters. The monoisotopic (exact) mass is 770 g/mol. The van der Waals surface area contributed by atoms with Gasteiger partial charge in [0.1, 0.15) is 0 Å². The average molecular weight is 772 g/mol. The Kier molecular flexibility index (Phi) is 19.1. The van der Waals surface area contributed by atoms with Gasteiger partial charge >= 0.3 is 17.9 Å². The number of nitrogens with two attached hydrogens (primary N) is 1. The van der Waals surface area contributed by atoms with Crippen LogP contribution in [0.5, 0.6) is 0 Å². The number of hydrogen-bond donors (Lipinski definition) is 3. The molecule has 0 atom stereocenters. The third kappa shape index (κ3) is 15.9. The average Bonchev–Trinajstić information content (AvgIpc) is 3.14. The van der Waals surface area contributed by atoms with Crippen molar-refractivity contribution in [3.05, 3.63) is 178 Å². The van der Waals surface area contributed by atoms with Gasteiger partial charge in [0.05, 0.1) is 5.69 Å². The van der Waals surface area contributed by atoms with Gasteiger partial charge in [0, 0.05) is 60.3 Å². The van der Waals surface area contributed by atoms with Crippen molar-refractivity contribution >= 4 is 70.0 Å². The summed E-state index contributed by atoms with van der Waals surface area (Å²) in [5, 5.41) is 11.5. The minimum atomic E-state index is -0.935. The van der Waals surface area contributed by atoms with E-state index in [1.54, 1.807) is 79.7 Å². The Hall–Kier alpha value is -6.36. The number of carbonyl (C=O) groups is 6. The number of amides is 1. The molecule has 0 aliphatic carbocycles. The lowest BCUT2D eigenvalue weighted by atomic mass is 10.0. The Morgan fingerprint density at radius 3 is 1.37 bits per heavy atom. The number of nitrogen functional groups attached to an aromatic ring is 1. The third-order valence-electron chi connectivity index (χ3n) is 6.44. The molecule has 0 aliphatic rings. The zero-order valence-electron chi connectivity index (χ0n) is 30.2. The van der Waals surface area contributed by atoms with Crippen LogP contribution in [0, 0.1) is 0 Å². The molecule has 4 N–H and O–H groups in total. The molecule has 4 aromatic rings. The van der Waals surface area contributed by atoms with Gasteiger partial charge in [-0.3, -0.25) is 14.4 Å². The van der Waals surface area contributed by atoms with Gasteiger partial charge in [-0.15, -0.1) is 0 Å². The maximum absolute atomic E-state index is 12.5. The molecule has 0 aromatic heterocycles. The smallest absolute Gasteiger partial charge is 0.340 e. The van der Waals surface area contributed by atoms with Gasteiger partial charge < -0.3 is 20.9 Å². The molecular weight excluding hydrogens is 731 g/mol. The SMILES string of the molecule is C=C(C)C(=O)Nc1ccc(Cl)cc1C(=O)c1ccccc1.C=C(C)C(=O)O.C=C(C)C(=O)OC(=O)C(=C)C.Nc1ccc(Cl)cc1C(=O)c1ccccc1. The van der Waals surface area contributed by atoms with E-state index in [0.717, 1.165) is 0 Å². The molecular formula is C42H40Cl2N2O8. The highest BCUT2D eigenvalue weighted by Gasteiger charge is 2.16. The lowest BCUT2D eigenvalue weighted by Gasteiger charge is -2.11. The summed E-state index contributed by atoms with van der Waals surface area (Å²) in [7, 11) is 0. The maximum atomic E-state index is 12.5. The summed E-state index contributed by atoms with van der Waals surface area (Å²) < 4.78 is 4.30. The highest BCUT2D eigenvalue weighted by atomic mass is 35.5. The van der Waals surface area contributed by atoms with E-state index in [1.165, 1.54) is 20.8 Å². The number of rotatable bonds is 9. The Labute approximate surface area is 324 Å². The number of carbonyl (C=O) groups excluding carboxylic acids is 5. The number of benzene rings is 4. The van der Waals surface area contributed by atoms with E-state index >= 15 is 0 Å². The van der Waals surface area contributed by atoms with Crippen LogP contribution in [0.2, 0.25) is 10.0 Å². The predicted molar refractivity (Wildman–Crippen MR) is 214 cm³/mol. The third-order valence-corrected chi connectivity index (χ3v) is 6.91. The summed E-state index contributed by atoms with van der Waals surface area (Å²) in [4.78, 5) is 67.3. The zero-order chi connectivity index (χ0) is 41.1. The molecule has 4 rings (SSSR count). The first-order valence-electron chi connectivity index (χ1n) is 15.7. The van der Waals surface area contributed by atoms with Crippen molar-refractivity contribution in [3.63, 3.8) is 0 Å². The van der Waals surface area contributed by atoms with Crippen molar-refractivity contribution in [2.24, 2.45) is 0 Å². The van der Waals surface area contributed by atoms with Gasteiger partial charge in [0.25, 0.3) is 5.91 Å². The van der Waals surface area contributed by atoms with Gasteiger partial charge in [-0.25, -0.2) is 14.4 Å². The summed E-state index contributed by atoms with van der Waals surface area (Å²) in [6.45, 7) is 19.3. The number of carboxylic acids is 1. The van der Waals surface area contributed by atoms with Crippen LogP contribution in [0.25, 0.3) is 0 Å². The minimum Gasteiger partial charge on any atom is -0.478 e. The highest BCUT2D eigenvalue weighted by molar-refractivity contribution is 6.32. The van der Waals surface area contributed by atoms with Crippen LogP contribution in [-0.2, 0) is 23.9 Å². The maximum Gasteiger partial charge on any atom is 0.340 e. The normalized spacial score (nSPS) is 9.44. The fourth-order valence-electron chi connectivity index (χ4n) is 3.52. The standard InChI is InChI=1S/C17H14ClNO2.C13H10ClNO.C8H10O3.C4H6O2/c1-11(2)17(21)19-15-9-8-13(18)10-14(15)16(20)12-6-4-3-5-7-12;14-10-6-7-12(15)11(8-10)13(16)9-4-2-1-3-5-9;1-5(2)7(9)11-8(10)6(3)4;1-3(2)4(5)6/h3-10H,1H2,2H3,(H,19,21);1-8H,15H2;1,3H2,2,4H3;1H2,2H3,(H,5,6). The fraction of sp³-hybridized carbons (Fsp3) is 0.0952. The number of aliphatic carboxylic acids is 1. The van der Waals surface area contributed by atoms with E-state index in [1.807, 2.05) is 24.3 Å². The van der Waals surface area contributed by atoms with Crippen LogP contribution in [0.1, 0.15) is 59.5 Å². The van der Waals surface area contributed by atoms with Crippen molar-refractivity contribution in [2.75, 3.05) is 11.1 Å². The first-order chi connectivity index (χ1) is 25.3. The molecule has 0 saturated carbocycles. The molecule has 0 spiro atoms. The lowest BCUT2D eigenvalue weighted by molar-refractivity contribution is -0.154. The summed E-state index contributed by atoms with van der Waals surface area (Å²) in [6, 6.07) is 27.5. The van der Waals surface area contributed by atoms with Gasteiger partial charge in [0.2, 0.25) is 0 Å². The van der Waals surface area contributed by atoms with Crippen LogP contribution in [-0.4, -0.2) is 40.5 Å². The topological polar surface area (TPSA) is 170 Å². The summed E-state index contributed by atoms with van der Waals surface area (Å²) in [6.07, 6.45) is 0. The van der Waals surface area contributed by atoms with E-state index in [4.69, 9.17) is 34.0 Å². The molecule has 0 bridgehead atoms. The summed E-state index contributed by atoms with van der Waals surface area (Å²) >= 11 is 11.8. The van der Waals surface area contributed by atoms with E-state index < -0.39 is 17.9 Å². The van der Waals surface area contributed by atoms with Gasteiger partial charge in [-0.05, 0) is 64.1 Å². The Balaban J connectivity index is 0.000000392. The number of ether oxygens (including phenoxy) is 1. The second-order valence-corrected chi connectivity index (χ2v) is 12.2. The van der Waals surface area contributed by atoms with Gasteiger partial charge in [-0.1, -0.05) is 110 Å². The Morgan fingerprint density at radius 1 is 0.593 bits per heavy atom. The number of nitrogens with one attached hydrogen (secondary N) is 1. The van der Waals surface area contributed by atoms with E-state index in [-0.39, 0.29) is 34.2 Å². The quantitative estimate of drug-likeness (QED) is 0.0494. The van der Waals surface area contributed by atoms with E-state index in [0.29, 0.717) is 49.2 Å². The minimum absolute atomic E-state index is 0.111. The molecule has 54 heavy (non-hydrogen) atoms. The number of halogens is 2. The first-order valence-corrected chi connectivity index (χ1v) is 16.5. The fourth-order valence-corrected chi connectivity index (χ4v) is 3.86. The van der Waals surface area contributed by atoms with Crippen LogP contribution < -0.4 is 11.1 Å². The number of anilines is 2. The van der Waals surface area contributed by atoms with Crippen LogP contribution in [0.3, 0.4) is 0 Å². The molecule has 0 fully saturated rings. The highest BCUT2D eigenvalue weighted by Crippen LogP contribution is 2.24. The molecule has 4 aromatic carbocycles. The molecule has 10 nitrogen and oxygen atoms in total. The van der Waals surface area contributed by atoms with E-state index in [2.05, 4.69) is 36.4 Å².